The predicted octanol–water partition coefficient (Wildman–Crippen LogP) is 2.50. The number of aryl methyl sites for hydroxylation is 1. The van der Waals surface area contributed by atoms with E-state index in [1.165, 1.54) is 22.5 Å². The molecule has 0 aliphatic heterocycles. The molecule has 0 amide bonds. The molecular formula is C17H18FNO3S. The fourth-order valence-corrected chi connectivity index (χ4v) is 4.85. The average Bonchev–Trinajstić information content (AvgIpc) is 2.96. The van der Waals surface area contributed by atoms with Gasteiger partial charge in [0.05, 0.1) is 12.6 Å². The van der Waals surface area contributed by atoms with Gasteiger partial charge in [0.25, 0.3) is 0 Å². The number of sulfonamides is 1. The van der Waals surface area contributed by atoms with Gasteiger partial charge in [0.1, 0.15) is 10.7 Å². The van der Waals surface area contributed by atoms with Gasteiger partial charge < -0.3 is 5.11 Å². The van der Waals surface area contributed by atoms with Gasteiger partial charge in [0.2, 0.25) is 10.0 Å². The van der Waals surface area contributed by atoms with Crippen LogP contribution in [-0.4, -0.2) is 31.0 Å². The zero-order valence-electron chi connectivity index (χ0n) is 12.5. The smallest absolute Gasteiger partial charge is 0.246 e. The van der Waals surface area contributed by atoms with Crippen LogP contribution in [0.1, 0.15) is 23.6 Å². The predicted molar refractivity (Wildman–Crippen MR) is 84.9 cm³/mol. The number of hydrogen-bond donors (Lipinski definition) is 1. The maximum atomic E-state index is 14.0. The van der Waals surface area contributed by atoms with Gasteiger partial charge in [-0.1, -0.05) is 36.4 Å². The van der Waals surface area contributed by atoms with Gasteiger partial charge >= 0.3 is 0 Å². The third kappa shape index (κ3) is 2.89. The molecule has 3 rings (SSSR count). The number of hydrogen-bond acceptors (Lipinski definition) is 3. The summed E-state index contributed by atoms with van der Waals surface area (Å²) in [6.45, 7) is -0.373. The quantitative estimate of drug-likeness (QED) is 0.913. The van der Waals surface area contributed by atoms with E-state index in [4.69, 9.17) is 0 Å². The number of aliphatic hydroxyl groups is 1. The molecule has 4 nitrogen and oxygen atoms in total. The summed E-state index contributed by atoms with van der Waals surface area (Å²) in [6, 6.07) is 12.6. The van der Waals surface area contributed by atoms with E-state index < -0.39 is 15.8 Å². The lowest BCUT2D eigenvalue weighted by atomic mass is 10.1. The van der Waals surface area contributed by atoms with Gasteiger partial charge in [-0.3, -0.25) is 0 Å². The monoisotopic (exact) mass is 335 g/mol. The summed E-state index contributed by atoms with van der Waals surface area (Å²) in [7, 11) is -4.02. The molecule has 122 valence electrons. The minimum absolute atomic E-state index is 0.0599. The normalized spacial score (nSPS) is 17.4. The third-order valence-electron chi connectivity index (χ3n) is 4.19. The molecular weight excluding hydrogens is 317 g/mol. The maximum Gasteiger partial charge on any atom is 0.246 e. The van der Waals surface area contributed by atoms with Crippen LogP contribution in [0.4, 0.5) is 4.39 Å². The number of fused-ring (bicyclic) bond motifs is 1. The van der Waals surface area contributed by atoms with Crippen LogP contribution in [0.3, 0.4) is 0 Å². The molecule has 6 heteroatoms. The van der Waals surface area contributed by atoms with Crippen molar-refractivity contribution in [3.05, 3.63) is 65.5 Å². The minimum Gasteiger partial charge on any atom is -0.395 e. The summed E-state index contributed by atoms with van der Waals surface area (Å²) in [5.74, 6) is -0.776. The highest BCUT2D eigenvalue weighted by molar-refractivity contribution is 7.89. The van der Waals surface area contributed by atoms with Gasteiger partial charge in [0, 0.05) is 6.54 Å². The zero-order valence-corrected chi connectivity index (χ0v) is 13.3. The fraction of sp³-hybridized carbons (Fsp3) is 0.294. The van der Waals surface area contributed by atoms with Crippen molar-refractivity contribution in [2.75, 3.05) is 13.2 Å². The molecule has 0 heterocycles. The number of rotatable bonds is 5. The van der Waals surface area contributed by atoms with E-state index in [-0.39, 0.29) is 24.1 Å². The first-order chi connectivity index (χ1) is 11.1. The van der Waals surface area contributed by atoms with Crippen LogP contribution in [0.2, 0.25) is 0 Å². The van der Waals surface area contributed by atoms with Gasteiger partial charge in [0.15, 0.2) is 0 Å². The van der Waals surface area contributed by atoms with Crippen LogP contribution >= 0.6 is 0 Å². The molecule has 2 aromatic rings. The molecule has 1 unspecified atom stereocenters. The van der Waals surface area contributed by atoms with Gasteiger partial charge in [-0.05, 0) is 36.1 Å². The second kappa shape index (κ2) is 6.39. The van der Waals surface area contributed by atoms with Crippen LogP contribution < -0.4 is 0 Å². The number of benzene rings is 2. The van der Waals surface area contributed by atoms with E-state index in [2.05, 4.69) is 0 Å². The highest BCUT2D eigenvalue weighted by Gasteiger charge is 2.36. The molecule has 0 bridgehead atoms. The Morgan fingerprint density at radius 1 is 1.13 bits per heavy atom. The Morgan fingerprint density at radius 2 is 1.83 bits per heavy atom. The Kier molecular flexibility index (Phi) is 4.48. The Labute approximate surface area is 135 Å². The van der Waals surface area contributed by atoms with E-state index in [1.54, 1.807) is 0 Å². The lowest BCUT2D eigenvalue weighted by Gasteiger charge is -2.28. The Balaban J connectivity index is 2.05. The first kappa shape index (κ1) is 16.1. The van der Waals surface area contributed by atoms with E-state index in [1.807, 2.05) is 24.3 Å². The summed E-state index contributed by atoms with van der Waals surface area (Å²) in [5.41, 5.74) is 2.03. The molecule has 1 N–H and O–H groups in total. The van der Waals surface area contributed by atoms with Gasteiger partial charge in [-0.2, -0.15) is 4.31 Å². The van der Waals surface area contributed by atoms with Crippen molar-refractivity contribution in [2.45, 2.75) is 23.8 Å². The topological polar surface area (TPSA) is 57.6 Å². The summed E-state index contributed by atoms with van der Waals surface area (Å²) in [5, 5.41) is 9.32. The summed E-state index contributed by atoms with van der Waals surface area (Å²) in [6.07, 6.45) is 1.41. The molecule has 23 heavy (non-hydrogen) atoms. The minimum atomic E-state index is -4.02. The molecule has 1 aliphatic carbocycles. The van der Waals surface area contributed by atoms with Crippen LogP contribution in [-0.2, 0) is 16.4 Å². The first-order valence-corrected chi connectivity index (χ1v) is 8.94. The molecule has 1 aliphatic rings. The van der Waals surface area contributed by atoms with Crippen molar-refractivity contribution in [3.8, 4) is 0 Å². The Bertz CT molecular complexity index is 807. The second-order valence-corrected chi connectivity index (χ2v) is 7.38. The molecule has 0 aromatic heterocycles. The van der Waals surface area contributed by atoms with Gasteiger partial charge in [-0.25, -0.2) is 12.8 Å². The van der Waals surface area contributed by atoms with E-state index in [0.717, 1.165) is 23.6 Å². The highest BCUT2D eigenvalue weighted by atomic mass is 32.2. The van der Waals surface area contributed by atoms with E-state index in [9.17, 15) is 17.9 Å². The molecule has 1 atom stereocenters. The summed E-state index contributed by atoms with van der Waals surface area (Å²) in [4.78, 5) is -0.349. The fourth-order valence-electron chi connectivity index (χ4n) is 3.16. The first-order valence-electron chi connectivity index (χ1n) is 7.50. The number of aliphatic hydroxyl groups excluding tert-OH is 1. The molecule has 0 fully saturated rings. The van der Waals surface area contributed by atoms with E-state index >= 15 is 0 Å². The lowest BCUT2D eigenvalue weighted by Crippen LogP contribution is -2.36. The molecule has 0 radical (unpaired) electrons. The highest BCUT2D eigenvalue weighted by Crippen LogP contribution is 2.38. The third-order valence-corrected chi connectivity index (χ3v) is 6.13. The van der Waals surface area contributed by atoms with Crippen LogP contribution in [0, 0.1) is 5.82 Å². The number of halogens is 1. The average molecular weight is 335 g/mol. The maximum absolute atomic E-state index is 14.0. The standard InChI is InChI=1S/C17H18FNO3S/c18-15-7-3-4-8-17(15)23(21,22)19(11-12-20)16-10-9-13-5-1-2-6-14(13)16/h1-8,16,20H,9-12H2. The lowest BCUT2D eigenvalue weighted by molar-refractivity contribution is 0.225. The molecule has 0 saturated heterocycles. The van der Waals surface area contributed by atoms with Crippen molar-refractivity contribution in [1.29, 1.82) is 0 Å². The zero-order chi connectivity index (χ0) is 16.4. The summed E-state index contributed by atoms with van der Waals surface area (Å²) >= 11 is 0. The summed E-state index contributed by atoms with van der Waals surface area (Å²) < 4.78 is 41.0. The van der Waals surface area contributed by atoms with Crippen LogP contribution in [0.15, 0.2) is 53.4 Å². The molecule has 2 aromatic carbocycles. The van der Waals surface area contributed by atoms with Gasteiger partial charge in [-0.15, -0.1) is 0 Å². The second-order valence-electron chi connectivity index (χ2n) is 5.52. The van der Waals surface area contributed by atoms with Crippen molar-refractivity contribution < 1.29 is 17.9 Å². The molecule has 0 saturated carbocycles. The SMILES string of the molecule is O=S(=O)(c1ccccc1F)N(CCO)C1CCc2ccccc21. The largest absolute Gasteiger partial charge is 0.395 e. The van der Waals surface area contributed by atoms with E-state index in [0.29, 0.717) is 6.42 Å². The van der Waals surface area contributed by atoms with Crippen LogP contribution in [0.5, 0.6) is 0 Å². The van der Waals surface area contributed by atoms with Crippen molar-refractivity contribution in [2.24, 2.45) is 0 Å². The van der Waals surface area contributed by atoms with Crippen molar-refractivity contribution in [1.82, 2.24) is 4.31 Å². The van der Waals surface area contributed by atoms with Crippen molar-refractivity contribution in [3.63, 3.8) is 0 Å². The number of nitrogens with zero attached hydrogens (tertiary/aromatic N) is 1. The van der Waals surface area contributed by atoms with Crippen LogP contribution in [0.25, 0.3) is 0 Å². The Hall–Kier alpha value is -1.76. The molecule has 0 spiro atoms. The Morgan fingerprint density at radius 3 is 2.57 bits per heavy atom. The van der Waals surface area contributed by atoms with Crippen molar-refractivity contribution >= 4 is 10.0 Å².